The molecule has 3 aromatic carbocycles. The number of nitriles is 1. The van der Waals surface area contributed by atoms with Gasteiger partial charge in [-0.15, -0.1) is 34.0 Å². The Morgan fingerprint density at radius 1 is 0.571 bits per heavy atom. The number of hydrogen-bond acceptors (Lipinski definition) is 8. The van der Waals surface area contributed by atoms with E-state index in [9.17, 15) is 15.2 Å². The second-order valence-electron chi connectivity index (χ2n) is 20.7. The van der Waals surface area contributed by atoms with E-state index in [1.165, 1.54) is 88.3 Å². The van der Waals surface area contributed by atoms with Crippen molar-refractivity contribution in [3.05, 3.63) is 118 Å². The van der Waals surface area contributed by atoms with Gasteiger partial charge in [-0.25, -0.2) is 4.79 Å². The van der Waals surface area contributed by atoms with Crippen molar-refractivity contribution in [3.63, 3.8) is 0 Å². The number of thiophene rings is 3. The van der Waals surface area contributed by atoms with Crippen LogP contribution in [0.25, 0.3) is 36.0 Å². The standard InChI is InChI=1S/C54H56N4O2S3/c1-51(2)19-23-56-24-20-52(3,4)40-29-36(28-39(51)48(40)56)58(37-30-41-49-42(31-37)54(7,8)22-26-57(49)25-21-53(41,5)6)35-11-9-33(10-12-35)43-15-16-46(62-43)47-18-17-45(63-47)44-14-13-38(61-44)27-34(32-55)50(59)60/h9-18,27-31H,19-26H2,1-8H3,(H,59,60)/b34-27+. The summed E-state index contributed by atoms with van der Waals surface area (Å²) >= 11 is 5.04. The molecule has 0 aliphatic carbocycles. The molecule has 0 spiro atoms. The van der Waals surface area contributed by atoms with E-state index >= 15 is 0 Å². The molecule has 6 nitrogen and oxygen atoms in total. The van der Waals surface area contributed by atoms with Crippen LogP contribution in [-0.2, 0) is 26.5 Å². The number of nitrogens with zero attached hydrogens (tertiary/aromatic N) is 4. The number of aliphatic carboxylic acids is 1. The first-order valence-electron chi connectivity index (χ1n) is 22.4. The molecule has 0 atom stereocenters. The van der Waals surface area contributed by atoms with E-state index in [0.717, 1.165) is 66.5 Å². The number of anilines is 5. The minimum absolute atomic E-state index is 0.0696. The highest BCUT2D eigenvalue weighted by atomic mass is 32.1. The third-order valence-corrected chi connectivity index (χ3v) is 18.3. The number of carboxylic acids is 1. The number of hydrogen-bond donors (Lipinski definition) is 1. The van der Waals surface area contributed by atoms with Crippen LogP contribution in [0.3, 0.4) is 0 Å². The second-order valence-corrected chi connectivity index (χ2v) is 24.0. The maximum atomic E-state index is 11.4. The van der Waals surface area contributed by atoms with E-state index in [4.69, 9.17) is 0 Å². The average Bonchev–Trinajstić information content (AvgIpc) is 4.04. The lowest BCUT2D eigenvalue weighted by Crippen LogP contribution is -2.45. The van der Waals surface area contributed by atoms with Crippen LogP contribution in [-0.4, -0.2) is 37.3 Å². The SMILES string of the molecule is CC1(C)CCN2CCC(C)(C)c3cc(N(c4ccc(-c5ccc(-c6ccc(-c7ccc(/C=C(\C#N)C(=O)O)s7)s6)s5)cc4)c4cc5c6c(c4)C(C)(C)CCN6CCC5(C)C)cc1c32. The van der Waals surface area contributed by atoms with Gasteiger partial charge in [0.2, 0.25) is 0 Å². The molecule has 9 heteroatoms. The molecule has 3 aromatic heterocycles. The van der Waals surface area contributed by atoms with Gasteiger partial charge in [0.1, 0.15) is 11.6 Å². The highest BCUT2D eigenvalue weighted by Crippen LogP contribution is 2.55. The first-order chi connectivity index (χ1) is 29.9. The first-order valence-corrected chi connectivity index (χ1v) is 24.8. The molecule has 4 aliphatic rings. The van der Waals surface area contributed by atoms with Crippen molar-refractivity contribution in [1.82, 2.24) is 0 Å². The summed E-state index contributed by atoms with van der Waals surface area (Å²) < 4.78 is 0. The molecule has 322 valence electrons. The zero-order chi connectivity index (χ0) is 44.2. The summed E-state index contributed by atoms with van der Waals surface area (Å²) in [6.45, 7) is 24.1. The summed E-state index contributed by atoms with van der Waals surface area (Å²) in [4.78, 5) is 25.9. The summed E-state index contributed by atoms with van der Waals surface area (Å²) in [7, 11) is 0. The van der Waals surface area contributed by atoms with Crippen molar-refractivity contribution in [3.8, 4) is 36.0 Å². The summed E-state index contributed by atoms with van der Waals surface area (Å²) in [6.07, 6.45) is 6.05. The van der Waals surface area contributed by atoms with Gasteiger partial charge >= 0.3 is 5.97 Å². The molecule has 0 amide bonds. The van der Waals surface area contributed by atoms with E-state index in [0.29, 0.717) is 0 Å². The molecule has 6 aromatic rings. The predicted molar refractivity (Wildman–Crippen MR) is 267 cm³/mol. The van der Waals surface area contributed by atoms with Crippen LogP contribution < -0.4 is 14.7 Å². The van der Waals surface area contributed by atoms with E-state index in [2.05, 4.69) is 143 Å². The number of carbonyl (C=O) groups is 1. The minimum Gasteiger partial charge on any atom is -0.477 e. The van der Waals surface area contributed by atoms with Crippen LogP contribution in [0.15, 0.2) is 90.5 Å². The van der Waals surface area contributed by atoms with Crippen LogP contribution in [0.2, 0.25) is 0 Å². The summed E-state index contributed by atoms with van der Waals surface area (Å²) in [6, 6.07) is 33.9. The van der Waals surface area contributed by atoms with Crippen molar-refractivity contribution in [2.24, 2.45) is 0 Å². The topological polar surface area (TPSA) is 70.8 Å². The van der Waals surface area contributed by atoms with Gasteiger partial charge in [-0.05, 0) is 154 Å². The zero-order valence-corrected chi connectivity index (χ0v) is 40.1. The van der Waals surface area contributed by atoms with Crippen LogP contribution in [0.1, 0.15) is 108 Å². The first kappa shape index (κ1) is 41.8. The highest BCUT2D eigenvalue weighted by Gasteiger charge is 2.43. The smallest absolute Gasteiger partial charge is 0.346 e. The van der Waals surface area contributed by atoms with Gasteiger partial charge in [0.25, 0.3) is 0 Å². The fraction of sp³-hybridized carbons (Fsp3) is 0.370. The molecule has 0 radical (unpaired) electrons. The Morgan fingerprint density at radius 3 is 1.37 bits per heavy atom. The molecule has 63 heavy (non-hydrogen) atoms. The molecule has 4 aliphatic heterocycles. The molecule has 0 unspecified atom stereocenters. The zero-order valence-electron chi connectivity index (χ0n) is 37.7. The number of carboxylic acid groups (broad SMARTS) is 1. The number of rotatable bonds is 8. The Kier molecular flexibility index (Phi) is 9.94. The van der Waals surface area contributed by atoms with Crippen LogP contribution >= 0.6 is 34.0 Å². The summed E-state index contributed by atoms with van der Waals surface area (Å²) in [5.41, 5.74) is 13.8. The molecular weight excluding hydrogens is 833 g/mol. The summed E-state index contributed by atoms with van der Waals surface area (Å²) in [5, 5.41) is 18.5. The highest BCUT2D eigenvalue weighted by molar-refractivity contribution is 7.27. The molecular formula is C54H56N4O2S3. The van der Waals surface area contributed by atoms with Gasteiger partial charge in [0.05, 0.1) is 0 Å². The van der Waals surface area contributed by atoms with Crippen molar-refractivity contribution >= 4 is 74.5 Å². The quantitative estimate of drug-likeness (QED) is 0.121. The molecule has 0 fully saturated rings. The fourth-order valence-electron chi connectivity index (χ4n) is 10.4. The Labute approximate surface area is 384 Å². The van der Waals surface area contributed by atoms with Gasteiger partial charge in [-0.1, -0.05) is 67.5 Å². The lowest BCUT2D eigenvalue weighted by Gasteiger charge is -2.49. The van der Waals surface area contributed by atoms with Crippen molar-refractivity contribution in [1.29, 1.82) is 5.26 Å². The van der Waals surface area contributed by atoms with Crippen LogP contribution in [0.5, 0.6) is 0 Å². The third-order valence-electron chi connectivity index (χ3n) is 14.7. The maximum Gasteiger partial charge on any atom is 0.346 e. The average molecular weight is 889 g/mol. The maximum absolute atomic E-state index is 11.4. The Hall–Kier alpha value is -5.14. The molecule has 0 bridgehead atoms. The monoisotopic (exact) mass is 888 g/mol. The number of benzene rings is 3. The van der Waals surface area contributed by atoms with E-state index in [-0.39, 0.29) is 27.2 Å². The fourth-order valence-corrected chi connectivity index (χ4v) is 13.6. The molecule has 0 saturated carbocycles. The Morgan fingerprint density at radius 2 is 0.952 bits per heavy atom. The Bertz CT molecular complexity index is 2700. The minimum atomic E-state index is -1.21. The molecule has 1 N–H and O–H groups in total. The molecule has 0 saturated heterocycles. The second kappa shape index (κ2) is 15.0. The normalized spacial score (nSPS) is 18.9. The van der Waals surface area contributed by atoms with Gasteiger partial charge in [-0.2, -0.15) is 5.26 Å². The van der Waals surface area contributed by atoms with Crippen LogP contribution in [0, 0.1) is 11.3 Å². The molecule has 10 rings (SSSR count). The van der Waals surface area contributed by atoms with Crippen molar-refractivity contribution < 1.29 is 9.90 Å². The predicted octanol–water partition coefficient (Wildman–Crippen LogP) is 14.7. The molecule has 7 heterocycles. The van der Waals surface area contributed by atoms with E-state index < -0.39 is 5.97 Å². The summed E-state index contributed by atoms with van der Waals surface area (Å²) in [5.74, 6) is -1.21. The van der Waals surface area contributed by atoms with Crippen LogP contribution in [0.4, 0.5) is 28.4 Å². The lowest BCUT2D eigenvalue weighted by atomic mass is 9.69. The van der Waals surface area contributed by atoms with Crippen molar-refractivity contribution in [2.45, 2.75) is 103 Å². The van der Waals surface area contributed by atoms with Gasteiger partial charge in [0.15, 0.2) is 0 Å². The Balaban J connectivity index is 1.05. The van der Waals surface area contributed by atoms with E-state index in [1.54, 1.807) is 17.4 Å². The van der Waals surface area contributed by atoms with Gasteiger partial charge < -0.3 is 19.8 Å². The van der Waals surface area contributed by atoms with E-state index in [1.807, 2.05) is 23.5 Å². The lowest BCUT2D eigenvalue weighted by molar-refractivity contribution is -0.132. The van der Waals surface area contributed by atoms with Gasteiger partial charge in [0, 0.05) is 83.9 Å². The third kappa shape index (κ3) is 7.23. The van der Waals surface area contributed by atoms with Gasteiger partial charge in [-0.3, -0.25) is 0 Å². The van der Waals surface area contributed by atoms with Crippen molar-refractivity contribution in [2.75, 3.05) is 40.9 Å². The largest absolute Gasteiger partial charge is 0.477 e.